The maximum Gasteiger partial charge on any atom is 0.252 e. The van der Waals surface area contributed by atoms with Gasteiger partial charge in [-0.3, -0.25) is 9.78 Å². The van der Waals surface area contributed by atoms with Crippen molar-refractivity contribution in [1.29, 1.82) is 0 Å². The molecule has 1 amide bonds. The molecule has 1 aliphatic carbocycles. The lowest BCUT2D eigenvalue weighted by Crippen LogP contribution is -2.42. The number of aromatic nitrogens is 2. The van der Waals surface area contributed by atoms with E-state index in [1.54, 1.807) is 31.3 Å². The number of carbonyl (C=O) groups excluding carboxylic acids is 1. The summed E-state index contributed by atoms with van der Waals surface area (Å²) >= 11 is 0. The van der Waals surface area contributed by atoms with E-state index in [1.807, 2.05) is 18.2 Å². The van der Waals surface area contributed by atoms with Gasteiger partial charge in [-0.15, -0.1) is 0 Å². The SMILES string of the molecule is C[C@](O)(CNC(=O)c1cnc(OCc2ccccn2)c(-c2ccc(F)cc2)c1)C1CC1. The minimum absolute atomic E-state index is 0.167. The molecule has 2 aromatic heterocycles. The lowest BCUT2D eigenvalue weighted by molar-refractivity contribution is 0.0354. The van der Waals surface area contributed by atoms with Gasteiger partial charge in [0.1, 0.15) is 12.4 Å². The predicted molar refractivity (Wildman–Crippen MR) is 114 cm³/mol. The van der Waals surface area contributed by atoms with Gasteiger partial charge in [0.25, 0.3) is 5.91 Å². The molecule has 6 nitrogen and oxygen atoms in total. The van der Waals surface area contributed by atoms with Crippen LogP contribution in [0.1, 0.15) is 35.8 Å². The van der Waals surface area contributed by atoms with Crippen LogP contribution >= 0.6 is 0 Å². The number of amides is 1. The zero-order valence-corrected chi connectivity index (χ0v) is 17.2. The topological polar surface area (TPSA) is 84.3 Å². The van der Waals surface area contributed by atoms with Gasteiger partial charge in [0.05, 0.1) is 16.9 Å². The van der Waals surface area contributed by atoms with Gasteiger partial charge in [-0.05, 0) is 61.6 Å². The van der Waals surface area contributed by atoms with Crippen LogP contribution in [-0.4, -0.2) is 33.1 Å². The van der Waals surface area contributed by atoms with E-state index in [0.29, 0.717) is 22.6 Å². The van der Waals surface area contributed by atoms with Crippen molar-refractivity contribution in [1.82, 2.24) is 15.3 Å². The molecule has 0 radical (unpaired) electrons. The molecule has 1 atom stereocenters. The quantitative estimate of drug-likeness (QED) is 0.579. The molecule has 1 saturated carbocycles. The van der Waals surface area contributed by atoms with Crippen LogP contribution in [0.15, 0.2) is 60.9 Å². The van der Waals surface area contributed by atoms with E-state index in [0.717, 1.165) is 18.5 Å². The van der Waals surface area contributed by atoms with Crippen molar-refractivity contribution in [2.24, 2.45) is 5.92 Å². The van der Waals surface area contributed by atoms with Crippen molar-refractivity contribution >= 4 is 5.91 Å². The first-order valence-electron chi connectivity index (χ1n) is 10.2. The predicted octanol–water partition coefficient (Wildman–Crippen LogP) is 3.75. The van der Waals surface area contributed by atoms with Gasteiger partial charge in [0.15, 0.2) is 0 Å². The summed E-state index contributed by atoms with van der Waals surface area (Å²) in [4.78, 5) is 21.3. The van der Waals surface area contributed by atoms with E-state index in [9.17, 15) is 14.3 Å². The third-order valence-electron chi connectivity index (χ3n) is 5.42. The Hall–Kier alpha value is -3.32. The second-order valence-electron chi connectivity index (χ2n) is 8.01. The lowest BCUT2D eigenvalue weighted by atomic mass is 10.0. The standard InChI is InChI=1S/C24H24FN3O3/c1-24(30,18-7-8-18)15-28-22(29)17-12-21(16-5-9-19(25)10-6-16)23(27-13-17)31-14-20-4-2-3-11-26-20/h2-6,9-13,18,30H,7-8,14-15H2,1H3,(H,28,29)/t24-/m0/s1. The summed E-state index contributed by atoms with van der Waals surface area (Å²) in [5, 5.41) is 13.2. The molecule has 0 saturated heterocycles. The second-order valence-corrected chi connectivity index (χ2v) is 8.01. The summed E-state index contributed by atoms with van der Waals surface area (Å²) in [5.41, 5.74) is 1.38. The van der Waals surface area contributed by atoms with Crippen molar-refractivity contribution in [3.8, 4) is 17.0 Å². The van der Waals surface area contributed by atoms with E-state index in [2.05, 4.69) is 15.3 Å². The minimum Gasteiger partial charge on any atom is -0.471 e. The number of benzene rings is 1. The van der Waals surface area contributed by atoms with Crippen LogP contribution in [0.25, 0.3) is 11.1 Å². The largest absolute Gasteiger partial charge is 0.471 e. The van der Waals surface area contributed by atoms with E-state index in [4.69, 9.17) is 4.74 Å². The van der Waals surface area contributed by atoms with Crippen LogP contribution in [-0.2, 0) is 6.61 Å². The van der Waals surface area contributed by atoms with Crippen molar-refractivity contribution in [3.05, 3.63) is 78.0 Å². The molecule has 3 aromatic rings. The molecule has 1 fully saturated rings. The molecule has 4 rings (SSSR count). The number of nitrogens with one attached hydrogen (secondary N) is 1. The number of hydrogen-bond acceptors (Lipinski definition) is 5. The van der Waals surface area contributed by atoms with E-state index in [1.165, 1.54) is 18.3 Å². The first-order valence-corrected chi connectivity index (χ1v) is 10.2. The fourth-order valence-corrected chi connectivity index (χ4v) is 3.36. The molecule has 1 aromatic carbocycles. The zero-order chi connectivity index (χ0) is 21.8. The molecule has 0 aliphatic heterocycles. The van der Waals surface area contributed by atoms with Crippen molar-refractivity contribution in [2.75, 3.05) is 6.54 Å². The number of hydrogen-bond donors (Lipinski definition) is 2. The summed E-state index contributed by atoms with van der Waals surface area (Å²) in [6, 6.07) is 13.1. The Morgan fingerprint density at radius 3 is 2.68 bits per heavy atom. The molecule has 0 unspecified atom stereocenters. The number of rotatable bonds is 8. The number of halogens is 1. The summed E-state index contributed by atoms with van der Waals surface area (Å²) in [6.07, 6.45) is 5.06. The zero-order valence-electron chi connectivity index (χ0n) is 17.2. The van der Waals surface area contributed by atoms with Crippen molar-refractivity contribution in [3.63, 3.8) is 0 Å². The average molecular weight is 421 g/mol. The highest BCUT2D eigenvalue weighted by molar-refractivity contribution is 5.95. The Kier molecular flexibility index (Phi) is 5.95. The maximum absolute atomic E-state index is 13.4. The molecular weight excluding hydrogens is 397 g/mol. The molecule has 2 N–H and O–H groups in total. The van der Waals surface area contributed by atoms with Crippen LogP contribution in [0.2, 0.25) is 0 Å². The van der Waals surface area contributed by atoms with Crippen LogP contribution in [0.5, 0.6) is 5.88 Å². The highest BCUT2D eigenvalue weighted by Crippen LogP contribution is 2.39. The van der Waals surface area contributed by atoms with Gasteiger partial charge in [-0.2, -0.15) is 0 Å². The third kappa shape index (κ3) is 5.24. The van der Waals surface area contributed by atoms with Crippen LogP contribution < -0.4 is 10.1 Å². The summed E-state index contributed by atoms with van der Waals surface area (Å²) < 4.78 is 19.3. The molecule has 1 aliphatic rings. The van der Waals surface area contributed by atoms with Gasteiger partial charge in [0.2, 0.25) is 5.88 Å². The maximum atomic E-state index is 13.4. The van der Waals surface area contributed by atoms with Gasteiger partial charge < -0.3 is 15.2 Å². The fourth-order valence-electron chi connectivity index (χ4n) is 3.36. The Balaban J connectivity index is 1.56. The highest BCUT2D eigenvalue weighted by atomic mass is 19.1. The Morgan fingerprint density at radius 2 is 2.00 bits per heavy atom. The third-order valence-corrected chi connectivity index (χ3v) is 5.42. The number of nitrogens with zero attached hydrogens (tertiary/aromatic N) is 2. The smallest absolute Gasteiger partial charge is 0.252 e. The minimum atomic E-state index is -0.922. The van der Waals surface area contributed by atoms with Gasteiger partial charge in [0, 0.05) is 24.5 Å². The molecule has 160 valence electrons. The number of carbonyl (C=O) groups is 1. The van der Waals surface area contributed by atoms with E-state index < -0.39 is 5.60 Å². The second kappa shape index (κ2) is 8.81. The lowest BCUT2D eigenvalue weighted by Gasteiger charge is -2.23. The molecule has 0 bridgehead atoms. The number of ether oxygens (including phenoxy) is 1. The molecule has 0 spiro atoms. The van der Waals surface area contributed by atoms with Gasteiger partial charge in [-0.25, -0.2) is 9.37 Å². The first-order chi connectivity index (χ1) is 14.9. The van der Waals surface area contributed by atoms with Gasteiger partial charge >= 0.3 is 0 Å². The Morgan fingerprint density at radius 1 is 1.23 bits per heavy atom. The average Bonchev–Trinajstić information content (AvgIpc) is 3.64. The van der Waals surface area contributed by atoms with Crippen LogP contribution in [0.4, 0.5) is 4.39 Å². The Labute approximate surface area is 180 Å². The number of aliphatic hydroxyl groups is 1. The van der Waals surface area contributed by atoms with E-state index in [-0.39, 0.29) is 30.8 Å². The van der Waals surface area contributed by atoms with Crippen LogP contribution in [0.3, 0.4) is 0 Å². The molecule has 2 heterocycles. The normalized spacial score (nSPS) is 15.2. The van der Waals surface area contributed by atoms with Gasteiger partial charge in [-0.1, -0.05) is 18.2 Å². The first kappa shape index (κ1) is 20.9. The number of pyridine rings is 2. The van der Waals surface area contributed by atoms with Crippen molar-refractivity contribution < 1.29 is 19.0 Å². The van der Waals surface area contributed by atoms with E-state index >= 15 is 0 Å². The molecule has 7 heteroatoms. The monoisotopic (exact) mass is 421 g/mol. The van der Waals surface area contributed by atoms with Crippen molar-refractivity contribution in [2.45, 2.75) is 32.0 Å². The molecular formula is C24H24FN3O3. The van der Waals surface area contributed by atoms with Crippen LogP contribution in [0, 0.1) is 11.7 Å². The summed E-state index contributed by atoms with van der Waals surface area (Å²) in [7, 11) is 0. The Bertz CT molecular complexity index is 1050. The summed E-state index contributed by atoms with van der Waals surface area (Å²) in [5.74, 6) is -0.154. The summed E-state index contributed by atoms with van der Waals surface area (Å²) in [6.45, 7) is 2.11. The fraction of sp³-hybridized carbons (Fsp3) is 0.292. The molecule has 31 heavy (non-hydrogen) atoms. The highest BCUT2D eigenvalue weighted by Gasteiger charge is 2.40.